The number of thiazole rings is 1. The maximum atomic E-state index is 5.85. The average Bonchev–Trinajstić information content (AvgIpc) is 3.04. The Kier molecular flexibility index (Phi) is 4.95. The number of halogens is 1. The van der Waals surface area contributed by atoms with Crippen LogP contribution < -0.4 is 9.64 Å². The molecular weight excluding hydrogens is 306 g/mol. The van der Waals surface area contributed by atoms with Gasteiger partial charge in [0.05, 0.1) is 0 Å². The summed E-state index contributed by atoms with van der Waals surface area (Å²) in [7, 11) is 0. The van der Waals surface area contributed by atoms with Crippen molar-refractivity contribution in [3.8, 4) is 5.75 Å². The largest absolute Gasteiger partial charge is 0.492 e. The lowest BCUT2D eigenvalue weighted by molar-refractivity contribution is 0.200. The van der Waals surface area contributed by atoms with Crippen LogP contribution in [-0.2, 0) is 0 Å². The van der Waals surface area contributed by atoms with Gasteiger partial charge >= 0.3 is 0 Å². The molecule has 0 bridgehead atoms. The van der Waals surface area contributed by atoms with Crippen LogP contribution >= 0.6 is 22.9 Å². The molecule has 0 spiro atoms. The Hall–Kier alpha value is -1.30. The molecule has 4 nitrogen and oxygen atoms in total. The van der Waals surface area contributed by atoms with Gasteiger partial charge in [-0.05, 0) is 24.3 Å². The van der Waals surface area contributed by atoms with Crippen LogP contribution in [0, 0.1) is 0 Å². The van der Waals surface area contributed by atoms with Gasteiger partial charge in [-0.25, -0.2) is 4.98 Å². The molecule has 0 N–H and O–H groups in total. The number of nitrogens with zero attached hydrogens (tertiary/aromatic N) is 3. The molecule has 0 radical (unpaired) electrons. The fourth-order valence-electron chi connectivity index (χ4n) is 2.36. The number of benzene rings is 1. The third-order valence-electron chi connectivity index (χ3n) is 3.55. The maximum Gasteiger partial charge on any atom is 0.185 e. The summed E-state index contributed by atoms with van der Waals surface area (Å²) in [4.78, 5) is 9.14. The van der Waals surface area contributed by atoms with E-state index in [2.05, 4.69) is 14.8 Å². The van der Waals surface area contributed by atoms with Crippen molar-refractivity contribution in [1.29, 1.82) is 0 Å². The lowest BCUT2D eigenvalue weighted by atomic mass is 10.3. The van der Waals surface area contributed by atoms with Crippen molar-refractivity contribution in [2.45, 2.75) is 0 Å². The molecule has 0 saturated carbocycles. The molecule has 1 aromatic carbocycles. The minimum absolute atomic E-state index is 0.707. The Bertz CT molecular complexity index is 539. The summed E-state index contributed by atoms with van der Waals surface area (Å²) in [5.74, 6) is 0.876. The van der Waals surface area contributed by atoms with Gasteiger partial charge in [0.1, 0.15) is 12.4 Å². The van der Waals surface area contributed by atoms with Crippen molar-refractivity contribution in [3.63, 3.8) is 0 Å². The first-order valence-corrected chi connectivity index (χ1v) is 8.32. The number of rotatable bonds is 5. The molecular formula is C15H18ClN3OS. The second-order valence-electron chi connectivity index (χ2n) is 4.95. The van der Waals surface area contributed by atoms with E-state index in [1.165, 1.54) is 0 Å². The summed E-state index contributed by atoms with van der Waals surface area (Å²) in [5.41, 5.74) is 0. The van der Waals surface area contributed by atoms with E-state index in [-0.39, 0.29) is 0 Å². The van der Waals surface area contributed by atoms with E-state index in [0.29, 0.717) is 6.61 Å². The number of hydrogen-bond donors (Lipinski definition) is 0. The molecule has 1 aromatic heterocycles. The fraction of sp³-hybridized carbons (Fsp3) is 0.400. The van der Waals surface area contributed by atoms with Gasteiger partial charge in [0, 0.05) is 49.3 Å². The van der Waals surface area contributed by atoms with Gasteiger partial charge in [0.25, 0.3) is 0 Å². The smallest absolute Gasteiger partial charge is 0.185 e. The van der Waals surface area contributed by atoms with Crippen LogP contribution in [0.5, 0.6) is 5.75 Å². The van der Waals surface area contributed by atoms with Crippen LogP contribution in [0.3, 0.4) is 0 Å². The second-order valence-corrected chi connectivity index (χ2v) is 6.26. The van der Waals surface area contributed by atoms with Gasteiger partial charge in [-0.2, -0.15) is 0 Å². The highest BCUT2D eigenvalue weighted by molar-refractivity contribution is 7.13. The van der Waals surface area contributed by atoms with Gasteiger partial charge in [0.15, 0.2) is 5.13 Å². The van der Waals surface area contributed by atoms with Crippen molar-refractivity contribution in [1.82, 2.24) is 9.88 Å². The molecule has 0 unspecified atom stereocenters. The summed E-state index contributed by atoms with van der Waals surface area (Å²) in [6.45, 7) is 5.85. The average molecular weight is 324 g/mol. The predicted octanol–water partition coefficient (Wildman–Crippen LogP) is 3.00. The number of hydrogen-bond acceptors (Lipinski definition) is 5. The Labute approximate surface area is 133 Å². The van der Waals surface area contributed by atoms with E-state index in [1.54, 1.807) is 11.3 Å². The second kappa shape index (κ2) is 7.11. The zero-order valence-electron chi connectivity index (χ0n) is 11.7. The molecule has 3 rings (SSSR count). The summed E-state index contributed by atoms with van der Waals surface area (Å²) in [6, 6.07) is 7.51. The number of aromatic nitrogens is 1. The first-order valence-electron chi connectivity index (χ1n) is 7.06. The van der Waals surface area contributed by atoms with Crippen molar-refractivity contribution >= 4 is 28.1 Å². The topological polar surface area (TPSA) is 28.6 Å². The van der Waals surface area contributed by atoms with Gasteiger partial charge in [-0.1, -0.05) is 11.6 Å². The van der Waals surface area contributed by atoms with E-state index in [0.717, 1.165) is 48.6 Å². The number of piperazine rings is 1. The highest BCUT2D eigenvalue weighted by Crippen LogP contribution is 2.19. The van der Waals surface area contributed by atoms with Crippen LogP contribution in [0.15, 0.2) is 35.8 Å². The molecule has 0 amide bonds. The van der Waals surface area contributed by atoms with Crippen molar-refractivity contribution in [3.05, 3.63) is 40.9 Å². The van der Waals surface area contributed by atoms with E-state index in [4.69, 9.17) is 16.3 Å². The highest BCUT2D eigenvalue weighted by Gasteiger charge is 2.18. The molecule has 0 atom stereocenters. The lowest BCUT2D eigenvalue weighted by Gasteiger charge is -2.34. The minimum Gasteiger partial charge on any atom is -0.492 e. The maximum absolute atomic E-state index is 5.85. The highest BCUT2D eigenvalue weighted by atomic mass is 35.5. The molecule has 112 valence electrons. The Balaban J connectivity index is 1.38. The summed E-state index contributed by atoms with van der Waals surface area (Å²) in [5, 5.41) is 3.90. The first kappa shape index (κ1) is 14.6. The summed E-state index contributed by atoms with van der Waals surface area (Å²) >= 11 is 7.56. The number of ether oxygens (including phenoxy) is 1. The number of anilines is 1. The molecule has 1 aliphatic rings. The van der Waals surface area contributed by atoms with Crippen LogP contribution in [0.4, 0.5) is 5.13 Å². The predicted molar refractivity (Wildman–Crippen MR) is 87.7 cm³/mol. The molecule has 1 fully saturated rings. The Morgan fingerprint density at radius 1 is 1.14 bits per heavy atom. The summed E-state index contributed by atoms with van der Waals surface area (Å²) in [6.07, 6.45) is 1.87. The van der Waals surface area contributed by atoms with Crippen molar-refractivity contribution < 1.29 is 4.74 Å². The van der Waals surface area contributed by atoms with Crippen molar-refractivity contribution in [2.75, 3.05) is 44.2 Å². The van der Waals surface area contributed by atoms with Crippen LogP contribution in [0.2, 0.25) is 5.02 Å². The monoisotopic (exact) mass is 323 g/mol. The third-order valence-corrected chi connectivity index (χ3v) is 4.64. The molecule has 2 heterocycles. The quantitative estimate of drug-likeness (QED) is 0.845. The lowest BCUT2D eigenvalue weighted by Crippen LogP contribution is -2.47. The van der Waals surface area contributed by atoms with E-state index in [9.17, 15) is 0 Å². The minimum atomic E-state index is 0.707. The van der Waals surface area contributed by atoms with Crippen molar-refractivity contribution in [2.24, 2.45) is 0 Å². The Morgan fingerprint density at radius 3 is 2.57 bits per heavy atom. The normalized spacial score (nSPS) is 16.1. The van der Waals surface area contributed by atoms with Gasteiger partial charge in [-0.3, -0.25) is 4.90 Å². The van der Waals surface area contributed by atoms with Crippen LogP contribution in [-0.4, -0.2) is 49.2 Å². The van der Waals surface area contributed by atoms with Gasteiger partial charge < -0.3 is 9.64 Å². The van der Waals surface area contributed by atoms with E-state index < -0.39 is 0 Å². The molecule has 1 saturated heterocycles. The van der Waals surface area contributed by atoms with Gasteiger partial charge in [-0.15, -0.1) is 11.3 Å². The van der Waals surface area contributed by atoms with E-state index in [1.807, 2.05) is 35.8 Å². The molecule has 6 heteroatoms. The molecule has 21 heavy (non-hydrogen) atoms. The Morgan fingerprint density at radius 2 is 1.90 bits per heavy atom. The molecule has 0 aliphatic carbocycles. The standard InChI is InChI=1S/C15H18ClN3OS/c16-13-1-3-14(4-2-13)20-11-10-18-6-8-19(9-7-18)15-17-5-12-21-15/h1-5,12H,6-11H2. The van der Waals surface area contributed by atoms with E-state index >= 15 is 0 Å². The zero-order valence-corrected chi connectivity index (χ0v) is 13.3. The van der Waals surface area contributed by atoms with Crippen LogP contribution in [0.1, 0.15) is 0 Å². The zero-order chi connectivity index (χ0) is 14.5. The third kappa shape index (κ3) is 4.09. The van der Waals surface area contributed by atoms with Crippen LogP contribution in [0.25, 0.3) is 0 Å². The summed E-state index contributed by atoms with van der Waals surface area (Å²) < 4.78 is 5.74. The SMILES string of the molecule is Clc1ccc(OCCN2CCN(c3nccs3)CC2)cc1. The van der Waals surface area contributed by atoms with Gasteiger partial charge in [0.2, 0.25) is 0 Å². The first-order chi connectivity index (χ1) is 10.3. The fourth-order valence-corrected chi connectivity index (χ4v) is 3.18. The molecule has 2 aromatic rings. The molecule has 1 aliphatic heterocycles.